The second kappa shape index (κ2) is 6.57. The van der Waals surface area contributed by atoms with Gasteiger partial charge in [-0.1, -0.05) is 25.3 Å². The van der Waals surface area contributed by atoms with Crippen LogP contribution >= 0.6 is 0 Å². The first-order valence-electron chi connectivity index (χ1n) is 8.16. The third kappa shape index (κ3) is 4.09. The van der Waals surface area contributed by atoms with Gasteiger partial charge in [0.1, 0.15) is 0 Å². The highest BCUT2D eigenvalue weighted by Crippen LogP contribution is 2.40. The molecular weight excluding hydrogens is 312 g/mol. The molecule has 1 aromatic rings. The molecule has 2 aliphatic carbocycles. The molecule has 23 heavy (non-hydrogen) atoms. The average Bonchev–Trinajstić information content (AvgIpc) is 2.92. The zero-order valence-corrected chi connectivity index (χ0v) is 12.8. The maximum absolute atomic E-state index is 14.6. The van der Waals surface area contributed by atoms with Crippen LogP contribution in [0.4, 0.5) is 17.6 Å². The zero-order chi connectivity index (χ0) is 16.4. The van der Waals surface area contributed by atoms with Crippen LogP contribution in [0.2, 0.25) is 0 Å². The van der Waals surface area contributed by atoms with Crippen LogP contribution in [0.25, 0.3) is 0 Å². The number of halogens is 4. The Labute approximate surface area is 132 Å². The van der Waals surface area contributed by atoms with Gasteiger partial charge >= 0.3 is 6.36 Å². The molecule has 0 bridgehead atoms. The smallest absolute Gasteiger partial charge is 0.486 e. The van der Waals surface area contributed by atoms with Crippen molar-refractivity contribution in [2.45, 2.75) is 63.8 Å². The summed E-state index contributed by atoms with van der Waals surface area (Å²) in [5, 5.41) is 0. The SMILES string of the molecule is Fc1c(CC2CCC2)ccc(OC2CCCC2)c1OC(F)(F)F. The molecule has 0 amide bonds. The lowest BCUT2D eigenvalue weighted by molar-refractivity contribution is -0.276. The van der Waals surface area contributed by atoms with Gasteiger partial charge in [-0.3, -0.25) is 0 Å². The molecule has 1 aromatic carbocycles. The Morgan fingerprint density at radius 1 is 1.00 bits per heavy atom. The molecule has 0 spiro atoms. The van der Waals surface area contributed by atoms with Crippen molar-refractivity contribution in [1.82, 2.24) is 0 Å². The van der Waals surface area contributed by atoms with E-state index in [9.17, 15) is 17.6 Å². The molecule has 2 fully saturated rings. The Balaban J connectivity index is 1.85. The van der Waals surface area contributed by atoms with Gasteiger partial charge in [0, 0.05) is 0 Å². The number of ether oxygens (including phenoxy) is 2. The van der Waals surface area contributed by atoms with Crippen molar-refractivity contribution in [3.63, 3.8) is 0 Å². The van der Waals surface area contributed by atoms with Crippen LogP contribution in [-0.4, -0.2) is 12.5 Å². The Morgan fingerprint density at radius 3 is 2.26 bits per heavy atom. The molecule has 0 radical (unpaired) electrons. The van der Waals surface area contributed by atoms with Crippen molar-refractivity contribution in [2.75, 3.05) is 0 Å². The second-order valence-corrected chi connectivity index (χ2v) is 6.44. The van der Waals surface area contributed by atoms with Crippen LogP contribution in [0.1, 0.15) is 50.5 Å². The molecule has 0 aliphatic heterocycles. The molecule has 0 N–H and O–H groups in total. The summed E-state index contributed by atoms with van der Waals surface area (Å²) in [4.78, 5) is 0. The van der Waals surface area contributed by atoms with E-state index in [2.05, 4.69) is 4.74 Å². The first-order chi connectivity index (χ1) is 10.9. The Bertz CT molecular complexity index is 546. The highest BCUT2D eigenvalue weighted by atomic mass is 19.4. The number of benzene rings is 1. The van der Waals surface area contributed by atoms with Crippen LogP contribution in [0.5, 0.6) is 11.5 Å². The predicted molar refractivity (Wildman–Crippen MR) is 77.0 cm³/mol. The molecule has 2 nitrogen and oxygen atoms in total. The minimum atomic E-state index is -4.94. The fourth-order valence-corrected chi connectivity index (χ4v) is 3.23. The lowest BCUT2D eigenvalue weighted by Crippen LogP contribution is -2.21. The topological polar surface area (TPSA) is 18.5 Å². The molecular formula is C17H20F4O2. The van der Waals surface area contributed by atoms with E-state index in [1.165, 1.54) is 12.1 Å². The van der Waals surface area contributed by atoms with Crippen LogP contribution < -0.4 is 9.47 Å². The van der Waals surface area contributed by atoms with Crippen molar-refractivity contribution >= 4 is 0 Å². The number of rotatable bonds is 5. The molecule has 2 saturated carbocycles. The van der Waals surface area contributed by atoms with Crippen LogP contribution in [-0.2, 0) is 6.42 Å². The maximum Gasteiger partial charge on any atom is 0.573 e. The van der Waals surface area contributed by atoms with E-state index in [0.717, 1.165) is 44.9 Å². The van der Waals surface area contributed by atoms with Gasteiger partial charge in [-0.25, -0.2) is 4.39 Å². The van der Waals surface area contributed by atoms with E-state index >= 15 is 0 Å². The first kappa shape index (κ1) is 16.4. The van der Waals surface area contributed by atoms with E-state index in [1.807, 2.05) is 0 Å². The van der Waals surface area contributed by atoms with E-state index in [4.69, 9.17) is 4.74 Å². The first-order valence-corrected chi connectivity index (χ1v) is 8.16. The van der Waals surface area contributed by atoms with Crippen molar-refractivity contribution in [3.8, 4) is 11.5 Å². The largest absolute Gasteiger partial charge is 0.573 e. The zero-order valence-electron chi connectivity index (χ0n) is 12.8. The summed E-state index contributed by atoms with van der Waals surface area (Å²) < 4.78 is 62.0. The van der Waals surface area contributed by atoms with E-state index in [0.29, 0.717) is 12.3 Å². The van der Waals surface area contributed by atoms with Crippen molar-refractivity contribution < 1.29 is 27.0 Å². The van der Waals surface area contributed by atoms with Crippen LogP contribution in [0, 0.1) is 11.7 Å². The molecule has 2 aliphatic rings. The van der Waals surface area contributed by atoms with E-state index in [-0.39, 0.29) is 17.4 Å². The lowest BCUT2D eigenvalue weighted by atomic mass is 9.81. The molecule has 0 aromatic heterocycles. The molecule has 128 valence electrons. The molecule has 6 heteroatoms. The third-order valence-corrected chi connectivity index (χ3v) is 4.69. The third-order valence-electron chi connectivity index (χ3n) is 4.69. The lowest BCUT2D eigenvalue weighted by Gasteiger charge is -2.26. The van der Waals surface area contributed by atoms with Gasteiger partial charge in [0.05, 0.1) is 6.10 Å². The van der Waals surface area contributed by atoms with Gasteiger partial charge in [-0.05, 0) is 49.7 Å². The number of alkyl halides is 3. The summed E-state index contributed by atoms with van der Waals surface area (Å²) in [6.07, 6.45) is 1.93. The summed E-state index contributed by atoms with van der Waals surface area (Å²) in [5.74, 6) is -1.56. The van der Waals surface area contributed by atoms with Gasteiger partial charge in [0.2, 0.25) is 5.75 Å². The maximum atomic E-state index is 14.6. The highest BCUT2D eigenvalue weighted by molar-refractivity contribution is 5.45. The van der Waals surface area contributed by atoms with Gasteiger partial charge in [0.15, 0.2) is 11.6 Å². The molecule has 0 unspecified atom stereocenters. The fraction of sp³-hybridized carbons (Fsp3) is 0.647. The fourth-order valence-electron chi connectivity index (χ4n) is 3.23. The summed E-state index contributed by atoms with van der Waals surface area (Å²) in [6, 6.07) is 2.94. The summed E-state index contributed by atoms with van der Waals surface area (Å²) in [5.41, 5.74) is 0.271. The Hall–Kier alpha value is -1.46. The molecule has 0 saturated heterocycles. The minimum Gasteiger partial charge on any atom is -0.486 e. The highest BCUT2D eigenvalue weighted by Gasteiger charge is 2.35. The van der Waals surface area contributed by atoms with E-state index in [1.54, 1.807) is 0 Å². The normalized spacial score (nSPS) is 19.7. The van der Waals surface area contributed by atoms with Gasteiger partial charge < -0.3 is 9.47 Å². The number of hydrogen-bond acceptors (Lipinski definition) is 2. The number of hydrogen-bond donors (Lipinski definition) is 0. The molecule has 0 heterocycles. The molecule has 0 atom stereocenters. The van der Waals surface area contributed by atoms with E-state index < -0.39 is 17.9 Å². The van der Waals surface area contributed by atoms with Crippen molar-refractivity contribution in [3.05, 3.63) is 23.5 Å². The minimum absolute atomic E-state index is 0.149. The van der Waals surface area contributed by atoms with Crippen LogP contribution in [0.3, 0.4) is 0 Å². The van der Waals surface area contributed by atoms with Crippen LogP contribution in [0.15, 0.2) is 12.1 Å². The predicted octanol–water partition coefficient (Wildman–Crippen LogP) is 5.39. The quantitative estimate of drug-likeness (QED) is 0.673. The summed E-state index contributed by atoms with van der Waals surface area (Å²) in [7, 11) is 0. The summed E-state index contributed by atoms with van der Waals surface area (Å²) in [6.45, 7) is 0. The van der Waals surface area contributed by atoms with Gasteiger partial charge in [-0.2, -0.15) is 0 Å². The van der Waals surface area contributed by atoms with Crippen molar-refractivity contribution in [1.29, 1.82) is 0 Å². The Kier molecular flexibility index (Phi) is 4.69. The molecule has 3 rings (SSSR count). The standard InChI is InChI=1S/C17H20F4O2/c18-15-12(10-11-4-3-5-11)8-9-14(16(15)23-17(19,20)21)22-13-6-1-2-7-13/h8-9,11,13H,1-7,10H2. The van der Waals surface area contributed by atoms with Crippen molar-refractivity contribution in [2.24, 2.45) is 5.92 Å². The Morgan fingerprint density at radius 2 is 1.70 bits per heavy atom. The van der Waals surface area contributed by atoms with Gasteiger partial charge in [-0.15, -0.1) is 13.2 Å². The second-order valence-electron chi connectivity index (χ2n) is 6.44. The van der Waals surface area contributed by atoms with Gasteiger partial charge in [0.25, 0.3) is 0 Å². The average molecular weight is 332 g/mol. The monoisotopic (exact) mass is 332 g/mol. The summed E-state index contributed by atoms with van der Waals surface area (Å²) >= 11 is 0.